The third-order valence-electron chi connectivity index (χ3n) is 9.18. The molecule has 9 heteroatoms. The van der Waals surface area contributed by atoms with E-state index < -0.39 is 5.97 Å². The topological polar surface area (TPSA) is 75.8 Å². The quantitative estimate of drug-likeness (QED) is 0.311. The average molecular weight is 571 g/mol. The Morgan fingerprint density at radius 2 is 1.77 bits per heavy atom. The summed E-state index contributed by atoms with van der Waals surface area (Å²) in [6.45, 7) is 0.402. The number of anilines is 1. The Balaban J connectivity index is 1.05. The lowest BCUT2D eigenvalue weighted by Crippen LogP contribution is -2.54. The molecule has 2 saturated heterocycles. The average Bonchev–Trinajstić information content (AvgIpc) is 3.59. The van der Waals surface area contributed by atoms with Crippen molar-refractivity contribution in [2.45, 2.75) is 82.1 Å². The minimum atomic E-state index is -1.03. The highest BCUT2D eigenvalue weighted by atomic mass is 35.5. The third-order valence-corrected chi connectivity index (χ3v) is 9.81. The van der Waals surface area contributed by atoms with E-state index in [9.17, 15) is 14.3 Å². The zero-order chi connectivity index (χ0) is 26.9. The van der Waals surface area contributed by atoms with Crippen molar-refractivity contribution >= 4 is 34.9 Å². The number of carbonyl (C=O) groups is 1. The number of piperidine rings is 1. The maximum Gasteiger partial charge on any atom is 0.335 e. The number of aromatic carboxylic acids is 1. The Morgan fingerprint density at radius 3 is 2.41 bits per heavy atom. The highest BCUT2D eigenvalue weighted by Crippen LogP contribution is 2.58. The van der Waals surface area contributed by atoms with E-state index in [1.165, 1.54) is 18.2 Å². The standard InChI is InChI=1S/C30H29Cl2FN2O4/c31-22-2-1-3-23(32)26(22)27-21(28(39-34-27)16-4-5-16)15-38-20-13-30(14-20)11-18-7-8-19(12-30)35(18)25-10-17(29(36)37)6-9-24(25)33/h1-3,6,9-10,16,18-20H,4-5,7-8,11-15H2,(H,36,37)/t18-,19+,20?,30?. The van der Waals surface area contributed by atoms with Crippen molar-refractivity contribution in [1.82, 2.24) is 5.16 Å². The summed E-state index contributed by atoms with van der Waals surface area (Å²) in [7, 11) is 0. The molecule has 1 aromatic heterocycles. The Bertz CT molecular complexity index is 1410. The number of benzene rings is 2. The summed E-state index contributed by atoms with van der Waals surface area (Å²) in [5.74, 6) is -0.128. The minimum absolute atomic E-state index is 0.125. The molecule has 3 aromatic rings. The van der Waals surface area contributed by atoms with Gasteiger partial charge in [0.25, 0.3) is 0 Å². The van der Waals surface area contributed by atoms with E-state index in [-0.39, 0.29) is 35.0 Å². The van der Waals surface area contributed by atoms with Crippen molar-refractivity contribution in [3.63, 3.8) is 0 Å². The molecule has 0 radical (unpaired) electrons. The highest BCUT2D eigenvalue weighted by molar-refractivity contribution is 6.39. The van der Waals surface area contributed by atoms with Gasteiger partial charge in [0, 0.05) is 29.1 Å². The van der Waals surface area contributed by atoms with Gasteiger partial charge < -0.3 is 19.3 Å². The molecule has 2 saturated carbocycles. The molecule has 0 unspecified atom stereocenters. The maximum atomic E-state index is 14.8. The van der Waals surface area contributed by atoms with Crippen LogP contribution in [0.4, 0.5) is 10.1 Å². The summed E-state index contributed by atoms with van der Waals surface area (Å²) in [6.07, 6.45) is 8.20. The van der Waals surface area contributed by atoms with Crippen molar-refractivity contribution in [2.24, 2.45) is 5.41 Å². The maximum absolute atomic E-state index is 14.8. The molecular weight excluding hydrogens is 542 g/mol. The van der Waals surface area contributed by atoms with Crippen LogP contribution in [0.2, 0.25) is 10.0 Å². The van der Waals surface area contributed by atoms with Crippen molar-refractivity contribution in [3.05, 3.63) is 69.1 Å². The van der Waals surface area contributed by atoms with Crippen molar-refractivity contribution < 1.29 is 23.6 Å². The summed E-state index contributed by atoms with van der Waals surface area (Å²) in [4.78, 5) is 13.6. The molecule has 3 heterocycles. The smallest absolute Gasteiger partial charge is 0.335 e. The predicted molar refractivity (Wildman–Crippen MR) is 146 cm³/mol. The zero-order valence-corrected chi connectivity index (χ0v) is 22.8. The van der Waals surface area contributed by atoms with Crippen LogP contribution in [0.25, 0.3) is 11.3 Å². The molecule has 39 heavy (non-hydrogen) atoms. The minimum Gasteiger partial charge on any atom is -0.478 e. The number of halogens is 3. The first-order valence-corrected chi connectivity index (χ1v) is 14.4. The number of nitrogens with zero attached hydrogens (tertiary/aromatic N) is 2. The normalized spacial score (nSPS) is 27.7. The fraction of sp³-hybridized carbons (Fsp3) is 0.467. The lowest BCUT2D eigenvalue weighted by atomic mass is 9.59. The molecule has 2 atom stereocenters. The SMILES string of the molecule is O=C(O)c1ccc(F)c(N2[C@@H]3CC[C@H]2CC2(CC(OCc4c(-c5c(Cl)cccc5Cl)noc4C4CC4)C2)C3)c1. The van der Waals surface area contributed by atoms with Crippen LogP contribution in [0.15, 0.2) is 40.9 Å². The van der Waals surface area contributed by atoms with E-state index in [0.717, 1.165) is 62.7 Å². The van der Waals surface area contributed by atoms with Gasteiger partial charge in [-0.05, 0) is 87.1 Å². The van der Waals surface area contributed by atoms with E-state index in [0.29, 0.717) is 39.5 Å². The Hall–Kier alpha value is -2.61. The molecule has 2 aliphatic carbocycles. The van der Waals surface area contributed by atoms with Crippen molar-refractivity contribution in [3.8, 4) is 11.3 Å². The summed E-state index contributed by atoms with van der Waals surface area (Å²) in [5.41, 5.74) is 3.03. The highest BCUT2D eigenvalue weighted by Gasteiger charge is 2.54. The molecule has 4 aliphatic rings. The molecular formula is C30H29Cl2FN2O4. The van der Waals surface area contributed by atoms with Gasteiger partial charge in [-0.1, -0.05) is 34.4 Å². The monoisotopic (exact) mass is 570 g/mol. The number of aromatic nitrogens is 1. The number of fused-ring (bicyclic) bond motifs is 2. The van der Waals surface area contributed by atoms with Crippen LogP contribution in [0.3, 0.4) is 0 Å². The summed E-state index contributed by atoms with van der Waals surface area (Å²) in [5, 5.41) is 14.8. The van der Waals surface area contributed by atoms with Gasteiger partial charge in [0.1, 0.15) is 17.3 Å². The van der Waals surface area contributed by atoms with Gasteiger partial charge in [-0.15, -0.1) is 0 Å². The van der Waals surface area contributed by atoms with Crippen LogP contribution in [0, 0.1) is 11.2 Å². The molecule has 1 N–H and O–H groups in total. The first-order valence-electron chi connectivity index (χ1n) is 13.7. The fourth-order valence-corrected chi connectivity index (χ4v) is 7.87. The van der Waals surface area contributed by atoms with Crippen LogP contribution in [-0.4, -0.2) is 34.4 Å². The summed E-state index contributed by atoms with van der Waals surface area (Å²) in [6, 6.07) is 9.97. The summed E-state index contributed by atoms with van der Waals surface area (Å²) >= 11 is 13.0. The Morgan fingerprint density at radius 1 is 1.08 bits per heavy atom. The molecule has 2 bridgehead atoms. The number of rotatable bonds is 7. The summed E-state index contributed by atoms with van der Waals surface area (Å²) < 4.78 is 27.0. The van der Waals surface area contributed by atoms with Crippen LogP contribution < -0.4 is 4.90 Å². The molecule has 2 aromatic carbocycles. The first kappa shape index (κ1) is 25.4. The van der Waals surface area contributed by atoms with Gasteiger partial charge in [-0.2, -0.15) is 0 Å². The molecule has 7 rings (SSSR count). The molecule has 0 amide bonds. The molecule has 4 fully saturated rings. The van der Waals surface area contributed by atoms with Gasteiger partial charge in [0.05, 0.1) is 34.0 Å². The van der Waals surface area contributed by atoms with E-state index in [4.69, 9.17) is 32.5 Å². The molecule has 2 aliphatic heterocycles. The van der Waals surface area contributed by atoms with Crippen LogP contribution in [0.1, 0.15) is 79.0 Å². The second kappa shape index (κ2) is 9.50. The second-order valence-electron chi connectivity index (χ2n) is 11.8. The lowest BCUT2D eigenvalue weighted by Gasteiger charge is -2.55. The number of carboxylic acid groups (broad SMARTS) is 1. The van der Waals surface area contributed by atoms with E-state index in [2.05, 4.69) is 10.1 Å². The van der Waals surface area contributed by atoms with Crippen molar-refractivity contribution in [2.75, 3.05) is 4.90 Å². The number of hydrogen-bond acceptors (Lipinski definition) is 5. The third kappa shape index (κ3) is 4.43. The fourth-order valence-electron chi connectivity index (χ4n) is 7.29. The van der Waals surface area contributed by atoms with E-state index >= 15 is 0 Å². The van der Waals surface area contributed by atoms with E-state index in [1.54, 1.807) is 12.1 Å². The number of ether oxygens (including phenoxy) is 1. The predicted octanol–water partition coefficient (Wildman–Crippen LogP) is 7.86. The Kier molecular flexibility index (Phi) is 6.18. The largest absolute Gasteiger partial charge is 0.478 e. The van der Waals surface area contributed by atoms with Gasteiger partial charge in [0.15, 0.2) is 0 Å². The van der Waals surface area contributed by atoms with E-state index in [1.807, 2.05) is 6.07 Å². The van der Waals surface area contributed by atoms with Gasteiger partial charge in [-0.3, -0.25) is 0 Å². The number of carboxylic acids is 1. The van der Waals surface area contributed by atoms with Gasteiger partial charge in [-0.25, -0.2) is 9.18 Å². The molecule has 204 valence electrons. The number of hydrogen-bond donors (Lipinski definition) is 1. The second-order valence-corrected chi connectivity index (χ2v) is 12.6. The molecule has 1 spiro atoms. The van der Waals surface area contributed by atoms with Gasteiger partial charge >= 0.3 is 5.97 Å². The van der Waals surface area contributed by atoms with Crippen LogP contribution in [0.5, 0.6) is 0 Å². The van der Waals surface area contributed by atoms with Gasteiger partial charge in [0.2, 0.25) is 0 Å². The first-order chi connectivity index (χ1) is 18.8. The van der Waals surface area contributed by atoms with Crippen molar-refractivity contribution in [1.29, 1.82) is 0 Å². The van der Waals surface area contributed by atoms with Crippen LogP contribution >= 0.6 is 23.2 Å². The van der Waals surface area contributed by atoms with Crippen LogP contribution in [-0.2, 0) is 11.3 Å². The molecule has 6 nitrogen and oxygen atoms in total. The Labute approximate surface area is 236 Å². The zero-order valence-electron chi connectivity index (χ0n) is 21.3. The lowest BCUT2D eigenvalue weighted by molar-refractivity contribution is -0.104.